The number of aryl methyl sites for hydroxylation is 1. The molecule has 0 saturated carbocycles. The van der Waals surface area contributed by atoms with Gasteiger partial charge in [-0.1, -0.05) is 17.7 Å². The minimum Gasteiger partial charge on any atom is -0.488 e. The summed E-state index contributed by atoms with van der Waals surface area (Å²) in [6, 6.07) is 6.24. The Morgan fingerprint density at radius 3 is 3.10 bits per heavy atom. The number of hydrogen-bond acceptors (Lipinski definition) is 3. The number of carboxylic acids is 1. The second kappa shape index (κ2) is 4.77. The summed E-state index contributed by atoms with van der Waals surface area (Å²) in [7, 11) is 0. The van der Waals surface area contributed by atoms with Gasteiger partial charge in [0.05, 0.1) is 0 Å². The highest BCUT2D eigenvalue weighted by atomic mass is 16.5. The fourth-order valence-electron chi connectivity index (χ4n) is 3.35. The summed E-state index contributed by atoms with van der Waals surface area (Å²) in [6.45, 7) is 5.44. The molecule has 4 nitrogen and oxygen atoms in total. The lowest BCUT2D eigenvalue weighted by Crippen LogP contribution is -2.51. The maximum absolute atomic E-state index is 11.5. The van der Waals surface area contributed by atoms with Crippen LogP contribution in [0.25, 0.3) is 0 Å². The largest absolute Gasteiger partial charge is 0.488 e. The van der Waals surface area contributed by atoms with E-state index in [4.69, 9.17) is 4.74 Å². The SMILES string of the molecule is Cc1ccc2c(c1)CC(CN1CCCC1(C)C(=O)O)O2. The highest BCUT2D eigenvalue weighted by Crippen LogP contribution is 2.33. The van der Waals surface area contributed by atoms with Gasteiger partial charge in [0, 0.05) is 13.0 Å². The van der Waals surface area contributed by atoms with Crippen LogP contribution in [0.3, 0.4) is 0 Å². The van der Waals surface area contributed by atoms with Crippen molar-refractivity contribution in [3.63, 3.8) is 0 Å². The molecule has 2 unspecified atom stereocenters. The van der Waals surface area contributed by atoms with Crippen molar-refractivity contribution in [3.05, 3.63) is 29.3 Å². The van der Waals surface area contributed by atoms with Crippen molar-refractivity contribution in [2.45, 2.75) is 44.8 Å². The molecule has 2 heterocycles. The standard InChI is InChI=1S/C16H21NO3/c1-11-4-5-14-12(8-11)9-13(20-14)10-17-7-3-6-16(17,2)15(18)19/h4-5,8,13H,3,6-7,9-10H2,1-2H3,(H,18,19). The highest BCUT2D eigenvalue weighted by molar-refractivity contribution is 5.78. The van der Waals surface area contributed by atoms with E-state index in [1.807, 2.05) is 13.0 Å². The van der Waals surface area contributed by atoms with E-state index < -0.39 is 11.5 Å². The minimum atomic E-state index is -0.728. The number of rotatable bonds is 3. The first-order chi connectivity index (χ1) is 9.49. The summed E-state index contributed by atoms with van der Waals surface area (Å²) >= 11 is 0. The van der Waals surface area contributed by atoms with Crippen LogP contribution >= 0.6 is 0 Å². The molecule has 2 atom stereocenters. The van der Waals surface area contributed by atoms with Crippen molar-refractivity contribution in [3.8, 4) is 5.75 Å². The Bertz CT molecular complexity index is 543. The second-order valence-corrected chi connectivity index (χ2v) is 6.18. The molecule has 0 bridgehead atoms. The maximum Gasteiger partial charge on any atom is 0.323 e. The molecular weight excluding hydrogens is 254 g/mol. The van der Waals surface area contributed by atoms with Crippen LogP contribution in [0.2, 0.25) is 0 Å². The molecule has 1 N–H and O–H groups in total. The number of hydrogen-bond donors (Lipinski definition) is 1. The van der Waals surface area contributed by atoms with E-state index in [1.165, 1.54) is 11.1 Å². The lowest BCUT2D eigenvalue weighted by molar-refractivity contribution is -0.149. The topological polar surface area (TPSA) is 49.8 Å². The zero-order valence-corrected chi connectivity index (χ0v) is 12.1. The Hall–Kier alpha value is -1.55. The van der Waals surface area contributed by atoms with Gasteiger partial charge in [-0.2, -0.15) is 0 Å². The van der Waals surface area contributed by atoms with Crippen molar-refractivity contribution in [2.75, 3.05) is 13.1 Å². The van der Waals surface area contributed by atoms with Gasteiger partial charge >= 0.3 is 5.97 Å². The molecule has 1 aromatic rings. The molecule has 108 valence electrons. The summed E-state index contributed by atoms with van der Waals surface area (Å²) in [5.74, 6) is 0.234. The molecule has 1 aromatic carbocycles. The Morgan fingerprint density at radius 1 is 1.55 bits per heavy atom. The van der Waals surface area contributed by atoms with E-state index in [9.17, 15) is 9.90 Å². The van der Waals surface area contributed by atoms with E-state index in [2.05, 4.69) is 24.0 Å². The lowest BCUT2D eigenvalue weighted by Gasteiger charge is -2.32. The van der Waals surface area contributed by atoms with Crippen molar-refractivity contribution in [1.29, 1.82) is 0 Å². The maximum atomic E-state index is 11.5. The van der Waals surface area contributed by atoms with Crippen LogP contribution in [-0.4, -0.2) is 40.7 Å². The average molecular weight is 275 g/mol. The number of nitrogens with zero attached hydrogens (tertiary/aromatic N) is 1. The fourth-order valence-corrected chi connectivity index (χ4v) is 3.35. The Kier molecular flexibility index (Phi) is 3.21. The molecule has 0 radical (unpaired) electrons. The molecule has 0 aromatic heterocycles. The summed E-state index contributed by atoms with van der Waals surface area (Å²) in [4.78, 5) is 13.6. The number of fused-ring (bicyclic) bond motifs is 1. The summed E-state index contributed by atoms with van der Waals surface area (Å²) < 4.78 is 5.96. The van der Waals surface area contributed by atoms with Gasteiger partial charge in [-0.15, -0.1) is 0 Å². The monoisotopic (exact) mass is 275 g/mol. The third-order valence-electron chi connectivity index (χ3n) is 4.63. The van der Waals surface area contributed by atoms with Gasteiger partial charge < -0.3 is 9.84 Å². The predicted molar refractivity (Wildman–Crippen MR) is 76.1 cm³/mol. The predicted octanol–water partition coefficient (Wildman–Crippen LogP) is 2.24. The molecule has 1 fully saturated rings. The van der Waals surface area contributed by atoms with Gasteiger partial charge in [-0.25, -0.2) is 0 Å². The van der Waals surface area contributed by atoms with Gasteiger partial charge in [-0.3, -0.25) is 9.69 Å². The second-order valence-electron chi connectivity index (χ2n) is 6.18. The summed E-state index contributed by atoms with van der Waals surface area (Å²) in [5, 5.41) is 9.44. The van der Waals surface area contributed by atoms with E-state index in [1.54, 1.807) is 0 Å². The summed E-state index contributed by atoms with van der Waals surface area (Å²) in [5.41, 5.74) is 1.75. The average Bonchev–Trinajstić information content (AvgIpc) is 2.94. The van der Waals surface area contributed by atoms with Crippen molar-refractivity contribution < 1.29 is 14.6 Å². The first-order valence-electron chi connectivity index (χ1n) is 7.24. The molecule has 0 spiro atoms. The first kappa shape index (κ1) is 13.4. The number of aliphatic carboxylic acids is 1. The normalized spacial score (nSPS) is 29.2. The molecule has 0 amide bonds. The van der Waals surface area contributed by atoms with E-state index in [0.717, 1.165) is 31.6 Å². The van der Waals surface area contributed by atoms with Crippen LogP contribution in [0, 0.1) is 6.92 Å². The lowest BCUT2D eigenvalue weighted by atomic mass is 9.98. The number of carbonyl (C=O) groups is 1. The third-order valence-corrected chi connectivity index (χ3v) is 4.63. The molecule has 3 rings (SSSR count). The van der Waals surface area contributed by atoms with Gasteiger partial charge in [0.15, 0.2) is 0 Å². The van der Waals surface area contributed by atoms with Crippen LogP contribution in [0.1, 0.15) is 30.9 Å². The van der Waals surface area contributed by atoms with Gasteiger partial charge in [-0.05, 0) is 44.9 Å². The number of carboxylic acid groups (broad SMARTS) is 1. The Morgan fingerprint density at radius 2 is 2.35 bits per heavy atom. The van der Waals surface area contributed by atoms with Crippen LogP contribution in [0.4, 0.5) is 0 Å². The molecule has 4 heteroatoms. The smallest absolute Gasteiger partial charge is 0.323 e. The van der Waals surface area contributed by atoms with Gasteiger partial charge in [0.1, 0.15) is 17.4 Å². The van der Waals surface area contributed by atoms with Crippen LogP contribution < -0.4 is 4.74 Å². The molecular formula is C16H21NO3. The van der Waals surface area contributed by atoms with E-state index in [0.29, 0.717) is 6.54 Å². The van der Waals surface area contributed by atoms with Gasteiger partial charge in [0.25, 0.3) is 0 Å². The summed E-state index contributed by atoms with van der Waals surface area (Å²) in [6.07, 6.45) is 2.62. The quantitative estimate of drug-likeness (QED) is 0.919. The minimum absolute atomic E-state index is 0.0728. The molecule has 2 aliphatic heterocycles. The number of likely N-dealkylation sites (tertiary alicyclic amines) is 1. The van der Waals surface area contributed by atoms with Crippen LogP contribution in [0.5, 0.6) is 5.75 Å². The zero-order valence-electron chi connectivity index (χ0n) is 12.1. The fraction of sp³-hybridized carbons (Fsp3) is 0.562. The molecule has 2 aliphatic rings. The highest BCUT2D eigenvalue weighted by Gasteiger charge is 2.44. The Balaban J connectivity index is 1.70. The van der Waals surface area contributed by atoms with Crippen molar-refractivity contribution in [1.82, 2.24) is 4.90 Å². The number of ether oxygens (including phenoxy) is 1. The van der Waals surface area contributed by atoms with Crippen LogP contribution in [0.15, 0.2) is 18.2 Å². The molecule has 0 aliphatic carbocycles. The van der Waals surface area contributed by atoms with E-state index in [-0.39, 0.29) is 6.10 Å². The molecule has 20 heavy (non-hydrogen) atoms. The number of benzene rings is 1. The third kappa shape index (κ3) is 2.18. The Labute approximate surface area is 119 Å². The van der Waals surface area contributed by atoms with E-state index >= 15 is 0 Å². The van der Waals surface area contributed by atoms with Gasteiger partial charge in [0.2, 0.25) is 0 Å². The van der Waals surface area contributed by atoms with Crippen molar-refractivity contribution in [2.24, 2.45) is 0 Å². The zero-order chi connectivity index (χ0) is 14.3. The van der Waals surface area contributed by atoms with Crippen LogP contribution in [-0.2, 0) is 11.2 Å². The molecule has 1 saturated heterocycles. The first-order valence-corrected chi connectivity index (χ1v) is 7.24. The van der Waals surface area contributed by atoms with Crippen molar-refractivity contribution >= 4 is 5.97 Å².